The smallest absolute Gasteiger partial charge is 0.254 e. The number of hydrogen-bond donors (Lipinski definition) is 2. The molecular weight excluding hydrogens is 249 g/mol. The molecule has 0 atom stereocenters. The number of hydrogen-bond acceptors (Lipinski definition) is 3. The van der Waals surface area contributed by atoms with E-state index in [1.54, 1.807) is 0 Å². The van der Waals surface area contributed by atoms with Gasteiger partial charge in [-0.1, -0.05) is 11.6 Å². The van der Waals surface area contributed by atoms with Crippen molar-refractivity contribution in [1.29, 1.82) is 0 Å². The van der Waals surface area contributed by atoms with Crippen molar-refractivity contribution in [3.63, 3.8) is 0 Å². The van der Waals surface area contributed by atoms with Crippen LogP contribution in [0, 0.1) is 5.82 Å². The Morgan fingerprint density at radius 1 is 1.29 bits per heavy atom. The maximum Gasteiger partial charge on any atom is 0.254 e. The van der Waals surface area contributed by atoms with E-state index in [1.807, 2.05) is 0 Å². The van der Waals surface area contributed by atoms with Gasteiger partial charge in [0.1, 0.15) is 5.82 Å². The van der Waals surface area contributed by atoms with Crippen molar-refractivity contribution in [1.82, 2.24) is 4.90 Å². The van der Waals surface area contributed by atoms with Crippen LogP contribution in [-0.2, 0) is 0 Å². The van der Waals surface area contributed by atoms with Gasteiger partial charge in [0.15, 0.2) is 0 Å². The summed E-state index contributed by atoms with van der Waals surface area (Å²) in [6, 6.07) is 3.64. The normalized spacial score (nSPS) is 10.4. The summed E-state index contributed by atoms with van der Waals surface area (Å²) in [5, 5.41) is 17.5. The van der Waals surface area contributed by atoms with Crippen molar-refractivity contribution < 1.29 is 19.4 Å². The molecule has 0 aromatic heterocycles. The summed E-state index contributed by atoms with van der Waals surface area (Å²) in [6.45, 7) is -0.204. The summed E-state index contributed by atoms with van der Waals surface area (Å²) in [7, 11) is 0. The summed E-state index contributed by atoms with van der Waals surface area (Å²) in [4.78, 5) is 13.2. The number of halogens is 2. The number of amides is 1. The van der Waals surface area contributed by atoms with Crippen molar-refractivity contribution >= 4 is 17.5 Å². The summed E-state index contributed by atoms with van der Waals surface area (Å²) in [5.41, 5.74) is 0.221. The highest BCUT2D eigenvalue weighted by Gasteiger charge is 2.15. The molecular formula is C11H13ClFNO3. The summed E-state index contributed by atoms with van der Waals surface area (Å²) in [5.74, 6) is -1.01. The molecule has 1 amide bonds. The second kappa shape index (κ2) is 6.54. The fourth-order valence-electron chi connectivity index (χ4n) is 1.37. The first-order valence-electron chi connectivity index (χ1n) is 5.06. The van der Waals surface area contributed by atoms with Crippen LogP contribution in [0.5, 0.6) is 0 Å². The van der Waals surface area contributed by atoms with Crippen LogP contribution in [0.1, 0.15) is 10.4 Å². The van der Waals surface area contributed by atoms with Gasteiger partial charge in [-0.2, -0.15) is 0 Å². The summed E-state index contributed by atoms with van der Waals surface area (Å²) >= 11 is 5.57. The highest BCUT2D eigenvalue weighted by molar-refractivity contribution is 6.31. The molecule has 0 bridgehead atoms. The van der Waals surface area contributed by atoms with Gasteiger partial charge in [0.05, 0.1) is 18.2 Å². The van der Waals surface area contributed by atoms with E-state index in [2.05, 4.69) is 0 Å². The lowest BCUT2D eigenvalue weighted by atomic mass is 10.2. The Balaban J connectivity index is 2.88. The number of benzene rings is 1. The van der Waals surface area contributed by atoms with E-state index in [4.69, 9.17) is 21.8 Å². The number of carbonyl (C=O) groups is 1. The second-order valence-electron chi connectivity index (χ2n) is 3.37. The lowest BCUT2D eigenvalue weighted by Crippen LogP contribution is -2.35. The van der Waals surface area contributed by atoms with Gasteiger partial charge in [-0.05, 0) is 18.2 Å². The number of aliphatic hydroxyl groups is 2. The molecule has 0 unspecified atom stereocenters. The predicted molar refractivity (Wildman–Crippen MR) is 61.5 cm³/mol. The molecule has 94 valence electrons. The van der Waals surface area contributed by atoms with Crippen molar-refractivity contribution in [2.24, 2.45) is 0 Å². The van der Waals surface area contributed by atoms with Crippen molar-refractivity contribution in [3.05, 3.63) is 34.6 Å². The second-order valence-corrected chi connectivity index (χ2v) is 3.78. The van der Waals surface area contributed by atoms with Gasteiger partial charge in [-0.25, -0.2) is 4.39 Å². The molecule has 2 N–H and O–H groups in total. The SMILES string of the molecule is O=C(c1ccc(F)c(Cl)c1)N(CCO)CCO. The number of rotatable bonds is 5. The molecule has 0 aliphatic rings. The maximum absolute atomic E-state index is 12.9. The molecule has 0 saturated carbocycles. The van der Waals surface area contributed by atoms with Gasteiger partial charge in [-0.15, -0.1) is 0 Å². The van der Waals surface area contributed by atoms with Crippen molar-refractivity contribution in [2.75, 3.05) is 26.3 Å². The Hall–Kier alpha value is -1.17. The lowest BCUT2D eigenvalue weighted by Gasteiger charge is -2.20. The van der Waals surface area contributed by atoms with E-state index >= 15 is 0 Å². The minimum absolute atomic E-state index is 0.106. The van der Waals surface area contributed by atoms with Gasteiger partial charge in [0.25, 0.3) is 5.91 Å². The summed E-state index contributed by atoms with van der Waals surface area (Å²) < 4.78 is 12.9. The van der Waals surface area contributed by atoms with Crippen LogP contribution in [0.3, 0.4) is 0 Å². The first kappa shape index (κ1) is 13.9. The average molecular weight is 262 g/mol. The Bertz CT molecular complexity index is 394. The first-order valence-corrected chi connectivity index (χ1v) is 5.44. The fraction of sp³-hybridized carbons (Fsp3) is 0.364. The molecule has 0 radical (unpaired) electrons. The third-order valence-electron chi connectivity index (χ3n) is 2.19. The highest BCUT2D eigenvalue weighted by atomic mass is 35.5. The van der Waals surface area contributed by atoms with E-state index in [0.29, 0.717) is 0 Å². The van der Waals surface area contributed by atoms with Gasteiger partial charge >= 0.3 is 0 Å². The van der Waals surface area contributed by atoms with E-state index in [0.717, 1.165) is 6.07 Å². The van der Waals surface area contributed by atoms with Crippen LogP contribution in [0.4, 0.5) is 4.39 Å². The lowest BCUT2D eigenvalue weighted by molar-refractivity contribution is 0.0685. The van der Waals surface area contributed by atoms with Crippen LogP contribution >= 0.6 is 11.6 Å². The highest BCUT2D eigenvalue weighted by Crippen LogP contribution is 2.17. The third kappa shape index (κ3) is 3.66. The minimum atomic E-state index is -0.598. The molecule has 0 saturated heterocycles. The zero-order valence-electron chi connectivity index (χ0n) is 9.07. The molecule has 4 nitrogen and oxygen atoms in total. The van der Waals surface area contributed by atoms with Crippen LogP contribution < -0.4 is 0 Å². The molecule has 1 rings (SSSR count). The van der Waals surface area contributed by atoms with Crippen LogP contribution in [-0.4, -0.2) is 47.3 Å². The molecule has 0 heterocycles. The monoisotopic (exact) mass is 261 g/mol. The van der Waals surface area contributed by atoms with Gasteiger partial charge in [-0.3, -0.25) is 4.79 Å². The number of aliphatic hydroxyl groups excluding tert-OH is 2. The molecule has 0 spiro atoms. The van der Waals surface area contributed by atoms with E-state index < -0.39 is 11.7 Å². The predicted octanol–water partition coefficient (Wildman–Crippen LogP) is 0.906. The molecule has 1 aromatic carbocycles. The van der Waals surface area contributed by atoms with Crippen molar-refractivity contribution in [3.8, 4) is 0 Å². The van der Waals surface area contributed by atoms with Crippen LogP contribution in [0.25, 0.3) is 0 Å². The van der Waals surface area contributed by atoms with Gasteiger partial charge in [0, 0.05) is 18.7 Å². The summed E-state index contributed by atoms with van der Waals surface area (Å²) in [6.07, 6.45) is 0. The minimum Gasteiger partial charge on any atom is -0.395 e. The number of nitrogens with zero attached hydrogens (tertiary/aromatic N) is 1. The Labute approximate surface area is 103 Å². The molecule has 17 heavy (non-hydrogen) atoms. The zero-order chi connectivity index (χ0) is 12.8. The third-order valence-corrected chi connectivity index (χ3v) is 2.48. The zero-order valence-corrected chi connectivity index (χ0v) is 9.82. The van der Waals surface area contributed by atoms with E-state index in [1.165, 1.54) is 17.0 Å². The molecule has 1 aromatic rings. The quantitative estimate of drug-likeness (QED) is 0.828. The van der Waals surface area contributed by atoms with Gasteiger partial charge in [0.2, 0.25) is 0 Å². The molecule has 0 aliphatic carbocycles. The van der Waals surface area contributed by atoms with Crippen LogP contribution in [0.15, 0.2) is 18.2 Å². The largest absolute Gasteiger partial charge is 0.395 e. The maximum atomic E-state index is 12.9. The molecule has 0 aliphatic heterocycles. The molecule has 6 heteroatoms. The Morgan fingerprint density at radius 2 is 1.88 bits per heavy atom. The standard InChI is InChI=1S/C11H13ClFNO3/c12-9-7-8(1-2-10(9)13)11(17)14(3-5-15)4-6-16/h1-2,7,15-16H,3-6H2. The Kier molecular flexibility index (Phi) is 5.34. The van der Waals surface area contributed by atoms with E-state index in [9.17, 15) is 9.18 Å². The number of carbonyl (C=O) groups excluding carboxylic acids is 1. The van der Waals surface area contributed by atoms with Crippen molar-refractivity contribution in [2.45, 2.75) is 0 Å². The van der Waals surface area contributed by atoms with Crippen LogP contribution in [0.2, 0.25) is 5.02 Å². The first-order chi connectivity index (χ1) is 8.10. The Morgan fingerprint density at radius 3 is 2.35 bits per heavy atom. The topological polar surface area (TPSA) is 60.8 Å². The molecule has 0 fully saturated rings. The average Bonchev–Trinajstić information content (AvgIpc) is 2.31. The fourth-order valence-corrected chi connectivity index (χ4v) is 1.55. The van der Waals surface area contributed by atoms with E-state index in [-0.39, 0.29) is 36.9 Å². The van der Waals surface area contributed by atoms with Gasteiger partial charge < -0.3 is 15.1 Å².